The number of hydrogen-bond donors (Lipinski definition) is 2. The molecule has 3 nitrogen and oxygen atoms in total. The summed E-state index contributed by atoms with van der Waals surface area (Å²) < 4.78 is 0. The number of nitrogens with one attached hydrogen (secondary N) is 1. The van der Waals surface area contributed by atoms with Crippen LogP contribution in [0.3, 0.4) is 0 Å². The molecule has 3 heteroatoms. The molecule has 1 saturated heterocycles. The summed E-state index contributed by atoms with van der Waals surface area (Å²) in [5, 5.41) is 11.5. The minimum absolute atomic E-state index is 0.344. The van der Waals surface area contributed by atoms with Crippen LogP contribution >= 0.6 is 0 Å². The van der Waals surface area contributed by atoms with E-state index in [1.165, 1.54) is 0 Å². The molecule has 62 valence electrons. The Morgan fingerprint density at radius 3 is 2.64 bits per heavy atom. The molecular weight excluding hydrogens is 142 g/mol. The van der Waals surface area contributed by atoms with Gasteiger partial charge in [0.25, 0.3) is 0 Å². The standard InChI is InChI=1S/C8H13NO2/c1-5(2)6-3-7(8(10)11)9-4-6/h6-7,9H,1,3-4H2,2H3,(H,10,11). The molecule has 0 aromatic rings. The lowest BCUT2D eigenvalue weighted by Crippen LogP contribution is -2.29. The molecule has 0 spiro atoms. The van der Waals surface area contributed by atoms with Crippen molar-refractivity contribution in [1.29, 1.82) is 0 Å². The molecule has 1 aliphatic rings. The van der Waals surface area contributed by atoms with Gasteiger partial charge in [0, 0.05) is 6.54 Å². The lowest BCUT2D eigenvalue weighted by atomic mass is 9.99. The van der Waals surface area contributed by atoms with Crippen molar-refractivity contribution in [3.63, 3.8) is 0 Å². The predicted molar refractivity (Wildman–Crippen MR) is 42.3 cm³/mol. The van der Waals surface area contributed by atoms with E-state index >= 15 is 0 Å². The van der Waals surface area contributed by atoms with E-state index < -0.39 is 5.97 Å². The van der Waals surface area contributed by atoms with E-state index in [0.717, 1.165) is 12.1 Å². The highest BCUT2D eigenvalue weighted by Crippen LogP contribution is 2.20. The van der Waals surface area contributed by atoms with E-state index in [2.05, 4.69) is 11.9 Å². The Kier molecular flexibility index (Phi) is 2.29. The molecule has 0 radical (unpaired) electrons. The molecule has 2 atom stereocenters. The van der Waals surface area contributed by atoms with Gasteiger partial charge in [-0.25, -0.2) is 0 Å². The van der Waals surface area contributed by atoms with Crippen molar-refractivity contribution in [1.82, 2.24) is 5.32 Å². The van der Waals surface area contributed by atoms with E-state index in [9.17, 15) is 4.79 Å². The number of rotatable bonds is 2. The molecule has 1 aliphatic heterocycles. The quantitative estimate of drug-likeness (QED) is 0.575. The van der Waals surface area contributed by atoms with Gasteiger partial charge in [-0.05, 0) is 19.3 Å². The normalized spacial score (nSPS) is 30.3. The zero-order valence-electron chi connectivity index (χ0n) is 6.63. The third-order valence-corrected chi connectivity index (χ3v) is 2.13. The van der Waals surface area contributed by atoms with Crippen molar-refractivity contribution < 1.29 is 9.90 Å². The first-order valence-corrected chi connectivity index (χ1v) is 3.73. The maximum atomic E-state index is 10.5. The van der Waals surface area contributed by atoms with E-state index in [1.807, 2.05) is 6.92 Å². The van der Waals surface area contributed by atoms with Crippen LogP contribution in [-0.2, 0) is 4.79 Å². The van der Waals surface area contributed by atoms with Gasteiger partial charge in [0.05, 0.1) is 0 Å². The average molecular weight is 155 g/mol. The first-order chi connectivity index (χ1) is 5.11. The zero-order valence-corrected chi connectivity index (χ0v) is 6.63. The lowest BCUT2D eigenvalue weighted by Gasteiger charge is -2.05. The summed E-state index contributed by atoms with van der Waals surface area (Å²) in [5.74, 6) is -0.412. The second-order valence-corrected chi connectivity index (χ2v) is 3.08. The van der Waals surface area contributed by atoms with Gasteiger partial charge in [0.2, 0.25) is 0 Å². The predicted octanol–water partition coefficient (Wildman–Crippen LogP) is 0.625. The van der Waals surface area contributed by atoms with Gasteiger partial charge in [0.15, 0.2) is 0 Å². The number of carbonyl (C=O) groups is 1. The molecule has 0 aromatic heterocycles. The molecular formula is C8H13NO2. The van der Waals surface area contributed by atoms with Crippen molar-refractivity contribution in [3.05, 3.63) is 12.2 Å². The molecule has 0 saturated carbocycles. The van der Waals surface area contributed by atoms with Gasteiger partial charge in [-0.15, -0.1) is 0 Å². The Balaban J connectivity index is 2.47. The number of aliphatic carboxylic acids is 1. The maximum Gasteiger partial charge on any atom is 0.320 e. The van der Waals surface area contributed by atoms with Gasteiger partial charge >= 0.3 is 5.97 Å². The van der Waals surface area contributed by atoms with E-state index in [-0.39, 0.29) is 6.04 Å². The Hall–Kier alpha value is -0.830. The van der Waals surface area contributed by atoms with Gasteiger partial charge in [-0.1, -0.05) is 12.2 Å². The molecule has 1 fully saturated rings. The number of carboxylic acid groups (broad SMARTS) is 1. The fourth-order valence-corrected chi connectivity index (χ4v) is 1.30. The Bertz CT molecular complexity index is 169. The third kappa shape index (κ3) is 1.80. The molecule has 0 aromatic carbocycles. The second kappa shape index (κ2) is 3.05. The SMILES string of the molecule is C=C(C)C1CNC(C(=O)O)C1. The zero-order chi connectivity index (χ0) is 8.43. The topological polar surface area (TPSA) is 49.3 Å². The molecule has 2 unspecified atom stereocenters. The van der Waals surface area contributed by atoms with Crippen molar-refractivity contribution in [2.24, 2.45) is 5.92 Å². The highest BCUT2D eigenvalue weighted by molar-refractivity contribution is 5.73. The van der Waals surface area contributed by atoms with Crippen LogP contribution in [0, 0.1) is 5.92 Å². The summed E-state index contributed by atoms with van der Waals surface area (Å²) in [6, 6.07) is -0.364. The van der Waals surface area contributed by atoms with Crippen LogP contribution in [-0.4, -0.2) is 23.7 Å². The first kappa shape index (κ1) is 8.27. The largest absolute Gasteiger partial charge is 0.480 e. The third-order valence-electron chi connectivity index (χ3n) is 2.13. The molecule has 1 heterocycles. The fraction of sp³-hybridized carbons (Fsp3) is 0.625. The van der Waals surface area contributed by atoms with Gasteiger partial charge in [0.1, 0.15) is 6.04 Å². The maximum absolute atomic E-state index is 10.5. The summed E-state index contributed by atoms with van der Waals surface area (Å²) in [4.78, 5) is 10.5. The van der Waals surface area contributed by atoms with Crippen LogP contribution in [0.5, 0.6) is 0 Å². The second-order valence-electron chi connectivity index (χ2n) is 3.08. The van der Waals surface area contributed by atoms with Crippen LogP contribution in [0.2, 0.25) is 0 Å². The van der Waals surface area contributed by atoms with Crippen molar-refractivity contribution in [2.45, 2.75) is 19.4 Å². The summed E-state index contributed by atoms with van der Waals surface area (Å²) in [5.41, 5.74) is 1.07. The van der Waals surface area contributed by atoms with E-state index in [0.29, 0.717) is 12.3 Å². The Morgan fingerprint density at radius 2 is 2.36 bits per heavy atom. The van der Waals surface area contributed by atoms with Crippen LogP contribution in [0.15, 0.2) is 12.2 Å². The summed E-state index contributed by atoms with van der Waals surface area (Å²) >= 11 is 0. The smallest absolute Gasteiger partial charge is 0.320 e. The van der Waals surface area contributed by atoms with Crippen LogP contribution in [0.25, 0.3) is 0 Å². The Labute approximate surface area is 66.1 Å². The van der Waals surface area contributed by atoms with Crippen molar-refractivity contribution in [2.75, 3.05) is 6.54 Å². The van der Waals surface area contributed by atoms with Crippen LogP contribution in [0.1, 0.15) is 13.3 Å². The molecule has 1 rings (SSSR count). The molecule has 11 heavy (non-hydrogen) atoms. The molecule has 0 bridgehead atoms. The Morgan fingerprint density at radius 1 is 1.73 bits per heavy atom. The summed E-state index contributed by atoms with van der Waals surface area (Å²) in [7, 11) is 0. The van der Waals surface area contributed by atoms with E-state index in [4.69, 9.17) is 5.11 Å². The van der Waals surface area contributed by atoms with Gasteiger partial charge in [-0.3, -0.25) is 4.79 Å². The van der Waals surface area contributed by atoms with Crippen molar-refractivity contribution >= 4 is 5.97 Å². The van der Waals surface area contributed by atoms with E-state index in [1.54, 1.807) is 0 Å². The fourth-order valence-electron chi connectivity index (χ4n) is 1.30. The summed E-state index contributed by atoms with van der Waals surface area (Å²) in [6.45, 7) is 6.50. The molecule has 2 N–H and O–H groups in total. The summed E-state index contributed by atoms with van der Waals surface area (Å²) in [6.07, 6.45) is 0.685. The lowest BCUT2D eigenvalue weighted by molar-refractivity contribution is -0.139. The van der Waals surface area contributed by atoms with Gasteiger partial charge in [-0.2, -0.15) is 0 Å². The van der Waals surface area contributed by atoms with Crippen molar-refractivity contribution in [3.8, 4) is 0 Å². The minimum atomic E-state index is -0.756. The van der Waals surface area contributed by atoms with Crippen LogP contribution < -0.4 is 5.32 Å². The van der Waals surface area contributed by atoms with Gasteiger partial charge < -0.3 is 10.4 Å². The molecule has 0 amide bonds. The average Bonchev–Trinajstić information content (AvgIpc) is 2.33. The number of carboxylic acids is 1. The highest BCUT2D eigenvalue weighted by Gasteiger charge is 2.28. The monoisotopic (exact) mass is 155 g/mol. The van der Waals surface area contributed by atoms with Crippen LogP contribution in [0.4, 0.5) is 0 Å². The highest BCUT2D eigenvalue weighted by atomic mass is 16.4. The first-order valence-electron chi connectivity index (χ1n) is 3.73. The molecule has 0 aliphatic carbocycles. The number of hydrogen-bond acceptors (Lipinski definition) is 2. The minimum Gasteiger partial charge on any atom is -0.480 e.